The highest BCUT2D eigenvalue weighted by Crippen LogP contribution is 2.17. The maximum atomic E-state index is 12.7. The molecular weight excluding hydrogens is 392 g/mol. The van der Waals surface area contributed by atoms with Crippen LogP contribution in [0.5, 0.6) is 0 Å². The molecule has 3 aromatic carbocycles. The van der Waals surface area contributed by atoms with Gasteiger partial charge < -0.3 is 15.4 Å². The van der Waals surface area contributed by atoms with Crippen LogP contribution in [0, 0.1) is 0 Å². The molecule has 6 heteroatoms. The minimum absolute atomic E-state index is 0.176. The first-order valence-electron chi connectivity index (χ1n) is 9.93. The first-order valence-corrected chi connectivity index (χ1v) is 9.93. The zero-order chi connectivity index (χ0) is 22.2. The predicted molar refractivity (Wildman–Crippen MR) is 120 cm³/mol. The molecule has 3 rings (SSSR count). The number of anilines is 2. The number of ether oxygens (including phenoxy) is 1. The minimum Gasteiger partial charge on any atom is -0.449 e. The maximum Gasteiger partial charge on any atom is 0.339 e. The molecular formula is C25H24N2O4. The van der Waals surface area contributed by atoms with Crippen molar-refractivity contribution in [3.05, 3.63) is 95.6 Å². The Morgan fingerprint density at radius 1 is 0.806 bits per heavy atom. The van der Waals surface area contributed by atoms with Crippen LogP contribution in [-0.2, 0) is 20.7 Å². The quantitative estimate of drug-likeness (QED) is 0.559. The summed E-state index contributed by atoms with van der Waals surface area (Å²) in [6.45, 7) is 2.95. The molecule has 0 radical (unpaired) electrons. The summed E-state index contributed by atoms with van der Waals surface area (Å²) in [5.74, 6) is -1.17. The summed E-state index contributed by atoms with van der Waals surface area (Å²) in [5.41, 5.74) is 3.51. The normalized spacial score (nSPS) is 11.3. The minimum atomic E-state index is -0.979. The molecule has 2 N–H and O–H groups in total. The van der Waals surface area contributed by atoms with Crippen LogP contribution < -0.4 is 10.6 Å². The van der Waals surface area contributed by atoms with Crippen molar-refractivity contribution in [2.24, 2.45) is 0 Å². The van der Waals surface area contributed by atoms with Gasteiger partial charge in [0.1, 0.15) is 0 Å². The molecule has 0 saturated heterocycles. The Hall–Kier alpha value is -3.93. The van der Waals surface area contributed by atoms with E-state index in [1.54, 1.807) is 36.4 Å². The molecule has 0 unspecified atom stereocenters. The number of carbonyl (C=O) groups excluding carboxylic acids is 3. The van der Waals surface area contributed by atoms with E-state index >= 15 is 0 Å². The lowest BCUT2D eigenvalue weighted by Gasteiger charge is -2.15. The maximum absolute atomic E-state index is 12.7. The summed E-state index contributed by atoms with van der Waals surface area (Å²) in [4.78, 5) is 36.3. The smallest absolute Gasteiger partial charge is 0.339 e. The van der Waals surface area contributed by atoms with Gasteiger partial charge in [-0.15, -0.1) is 0 Å². The second-order valence-electron chi connectivity index (χ2n) is 7.11. The van der Waals surface area contributed by atoms with E-state index in [9.17, 15) is 14.4 Å². The Bertz CT molecular complexity index is 1060. The van der Waals surface area contributed by atoms with Crippen LogP contribution in [0.4, 0.5) is 11.4 Å². The SMILES string of the molecule is CC(=O)Nc1ccc(NC(=O)[C@H](C)OC(=O)c2ccccc2Cc2ccccc2)cc1. The second kappa shape index (κ2) is 10.2. The fourth-order valence-corrected chi connectivity index (χ4v) is 3.05. The summed E-state index contributed by atoms with van der Waals surface area (Å²) in [6, 6.07) is 23.7. The largest absolute Gasteiger partial charge is 0.449 e. The highest BCUT2D eigenvalue weighted by atomic mass is 16.5. The molecule has 0 aliphatic rings. The van der Waals surface area contributed by atoms with Crippen molar-refractivity contribution >= 4 is 29.2 Å². The van der Waals surface area contributed by atoms with E-state index < -0.39 is 18.0 Å². The molecule has 158 valence electrons. The molecule has 6 nitrogen and oxygen atoms in total. The van der Waals surface area contributed by atoms with Crippen molar-refractivity contribution in [1.82, 2.24) is 0 Å². The number of esters is 1. The van der Waals surface area contributed by atoms with Crippen molar-refractivity contribution in [2.75, 3.05) is 10.6 Å². The summed E-state index contributed by atoms with van der Waals surface area (Å²) in [6.07, 6.45) is -0.389. The van der Waals surface area contributed by atoms with Crippen LogP contribution in [0.1, 0.15) is 35.3 Å². The molecule has 2 amide bonds. The summed E-state index contributed by atoms with van der Waals surface area (Å²) >= 11 is 0. The number of amides is 2. The zero-order valence-electron chi connectivity index (χ0n) is 17.4. The van der Waals surface area contributed by atoms with E-state index in [1.807, 2.05) is 42.5 Å². The molecule has 0 saturated carbocycles. The van der Waals surface area contributed by atoms with Crippen molar-refractivity contribution in [1.29, 1.82) is 0 Å². The first-order chi connectivity index (χ1) is 14.9. The van der Waals surface area contributed by atoms with Gasteiger partial charge in [-0.1, -0.05) is 48.5 Å². The fraction of sp³-hybridized carbons (Fsp3) is 0.160. The van der Waals surface area contributed by atoms with E-state index in [2.05, 4.69) is 10.6 Å². The third-order valence-electron chi connectivity index (χ3n) is 4.60. The molecule has 3 aromatic rings. The number of rotatable bonds is 7. The van der Waals surface area contributed by atoms with E-state index in [0.29, 0.717) is 23.4 Å². The lowest BCUT2D eigenvalue weighted by molar-refractivity contribution is -0.123. The summed E-state index contributed by atoms with van der Waals surface area (Å²) in [5, 5.41) is 5.36. The van der Waals surface area contributed by atoms with Crippen molar-refractivity contribution in [2.45, 2.75) is 26.4 Å². The van der Waals surface area contributed by atoms with Gasteiger partial charge in [-0.2, -0.15) is 0 Å². The van der Waals surface area contributed by atoms with Crippen molar-refractivity contribution < 1.29 is 19.1 Å². The Morgan fingerprint density at radius 3 is 2.03 bits per heavy atom. The standard InChI is InChI=1S/C25H24N2O4/c1-17(24(29)27-22-14-12-21(13-15-22)26-18(2)28)31-25(30)23-11-7-6-10-20(23)16-19-8-4-3-5-9-19/h3-15,17H,16H2,1-2H3,(H,26,28)(H,27,29)/t17-/m0/s1. The van der Waals surface area contributed by atoms with Gasteiger partial charge in [0, 0.05) is 18.3 Å². The molecule has 0 aliphatic carbocycles. The average Bonchev–Trinajstić information content (AvgIpc) is 2.75. The zero-order valence-corrected chi connectivity index (χ0v) is 17.4. The van der Waals surface area contributed by atoms with Gasteiger partial charge >= 0.3 is 5.97 Å². The molecule has 1 atom stereocenters. The number of nitrogens with one attached hydrogen (secondary N) is 2. The molecule has 0 fully saturated rings. The van der Waals surface area contributed by atoms with Crippen LogP contribution in [0.2, 0.25) is 0 Å². The summed E-state index contributed by atoms with van der Waals surface area (Å²) in [7, 11) is 0. The van der Waals surface area contributed by atoms with Gasteiger partial charge in [-0.25, -0.2) is 4.79 Å². The van der Waals surface area contributed by atoms with Crippen LogP contribution in [-0.4, -0.2) is 23.9 Å². The average molecular weight is 416 g/mol. The number of hydrogen-bond donors (Lipinski definition) is 2. The Balaban J connectivity index is 1.62. The van der Waals surface area contributed by atoms with Gasteiger partial charge in [-0.3, -0.25) is 9.59 Å². The van der Waals surface area contributed by atoms with E-state index in [1.165, 1.54) is 13.8 Å². The number of benzene rings is 3. The van der Waals surface area contributed by atoms with Crippen LogP contribution in [0.25, 0.3) is 0 Å². The van der Waals surface area contributed by atoms with E-state index in [0.717, 1.165) is 11.1 Å². The van der Waals surface area contributed by atoms with Crippen LogP contribution in [0.15, 0.2) is 78.9 Å². The third-order valence-corrected chi connectivity index (χ3v) is 4.60. The monoisotopic (exact) mass is 416 g/mol. The molecule has 0 heterocycles. The topological polar surface area (TPSA) is 84.5 Å². The Morgan fingerprint density at radius 2 is 1.39 bits per heavy atom. The molecule has 0 aliphatic heterocycles. The van der Waals surface area contributed by atoms with Gasteiger partial charge in [0.15, 0.2) is 6.10 Å². The van der Waals surface area contributed by atoms with Gasteiger partial charge in [0.05, 0.1) is 5.56 Å². The van der Waals surface area contributed by atoms with Crippen LogP contribution in [0.3, 0.4) is 0 Å². The molecule has 0 spiro atoms. The van der Waals surface area contributed by atoms with E-state index in [-0.39, 0.29) is 5.91 Å². The van der Waals surface area contributed by atoms with Crippen molar-refractivity contribution in [3.8, 4) is 0 Å². The van der Waals surface area contributed by atoms with Crippen LogP contribution >= 0.6 is 0 Å². The lowest BCUT2D eigenvalue weighted by atomic mass is 10.00. The predicted octanol–water partition coefficient (Wildman–Crippen LogP) is 4.42. The molecule has 0 bridgehead atoms. The lowest BCUT2D eigenvalue weighted by Crippen LogP contribution is -2.30. The highest BCUT2D eigenvalue weighted by molar-refractivity contribution is 5.98. The van der Waals surface area contributed by atoms with Gasteiger partial charge in [-0.05, 0) is 54.8 Å². The Kier molecular flexibility index (Phi) is 7.17. The van der Waals surface area contributed by atoms with E-state index in [4.69, 9.17) is 4.74 Å². The number of hydrogen-bond acceptors (Lipinski definition) is 4. The highest BCUT2D eigenvalue weighted by Gasteiger charge is 2.21. The molecule has 0 aromatic heterocycles. The Labute approximate surface area is 181 Å². The summed E-state index contributed by atoms with van der Waals surface area (Å²) < 4.78 is 5.42. The first kappa shape index (κ1) is 21.8. The molecule has 31 heavy (non-hydrogen) atoms. The fourth-order valence-electron chi connectivity index (χ4n) is 3.05. The van der Waals surface area contributed by atoms with Crippen molar-refractivity contribution in [3.63, 3.8) is 0 Å². The number of carbonyl (C=O) groups is 3. The van der Waals surface area contributed by atoms with Gasteiger partial charge in [0.25, 0.3) is 5.91 Å². The van der Waals surface area contributed by atoms with Gasteiger partial charge in [0.2, 0.25) is 5.91 Å². The second-order valence-corrected chi connectivity index (χ2v) is 7.11. The third kappa shape index (κ3) is 6.27.